The van der Waals surface area contributed by atoms with Gasteiger partial charge in [0.25, 0.3) is 0 Å². The minimum Gasteiger partial charge on any atom is -0.370 e. The van der Waals surface area contributed by atoms with Crippen LogP contribution in [0.15, 0.2) is 0 Å². The van der Waals surface area contributed by atoms with Crippen LogP contribution >= 0.6 is 0 Å². The fourth-order valence-corrected chi connectivity index (χ4v) is 1.74. The summed E-state index contributed by atoms with van der Waals surface area (Å²) in [5.74, 6) is -0.364. The van der Waals surface area contributed by atoms with Gasteiger partial charge < -0.3 is 22.9 Å². The van der Waals surface area contributed by atoms with E-state index < -0.39 is 0 Å². The first-order chi connectivity index (χ1) is 11.5. The van der Waals surface area contributed by atoms with Gasteiger partial charge in [-0.3, -0.25) is 9.59 Å². The van der Waals surface area contributed by atoms with Crippen LogP contribution in [0.2, 0.25) is 0 Å². The smallest absolute Gasteiger partial charge is 0.217 e. The Bertz CT molecular complexity index is 235. The third-order valence-electron chi connectivity index (χ3n) is 3.21. The van der Waals surface area contributed by atoms with Gasteiger partial charge in [-0.1, -0.05) is 52.4 Å². The van der Waals surface area contributed by atoms with E-state index in [0.29, 0.717) is 12.8 Å². The molecule has 2 amide bonds. The molecular formula is C18H42N4O2. The number of carbonyl (C=O) groups excluding carboxylic acids is 2. The van der Waals surface area contributed by atoms with E-state index >= 15 is 0 Å². The molecule has 0 saturated heterocycles. The predicted octanol–water partition coefficient (Wildman–Crippen LogP) is 2.57. The van der Waals surface area contributed by atoms with Gasteiger partial charge in [0.1, 0.15) is 0 Å². The molecule has 0 saturated carbocycles. The summed E-state index contributed by atoms with van der Waals surface area (Å²) >= 11 is 0. The van der Waals surface area contributed by atoms with Gasteiger partial charge in [0, 0.05) is 12.8 Å². The summed E-state index contributed by atoms with van der Waals surface area (Å²) in [5.41, 5.74) is 20.3. The molecule has 0 heterocycles. The van der Waals surface area contributed by atoms with Crippen molar-refractivity contribution in [3.8, 4) is 0 Å². The normalized spacial score (nSPS) is 9.33. The van der Waals surface area contributed by atoms with E-state index in [4.69, 9.17) is 22.9 Å². The van der Waals surface area contributed by atoms with Gasteiger partial charge in [-0.15, -0.1) is 0 Å². The topological polar surface area (TPSA) is 138 Å². The summed E-state index contributed by atoms with van der Waals surface area (Å²) in [5, 5.41) is 0. The van der Waals surface area contributed by atoms with Crippen molar-refractivity contribution < 1.29 is 9.59 Å². The number of hydrogen-bond donors (Lipinski definition) is 4. The zero-order chi connectivity index (χ0) is 19.1. The molecule has 0 aromatic heterocycles. The van der Waals surface area contributed by atoms with E-state index in [9.17, 15) is 9.59 Å². The lowest BCUT2D eigenvalue weighted by Gasteiger charge is -1.94. The molecular weight excluding hydrogens is 304 g/mol. The number of amides is 2. The van der Waals surface area contributed by atoms with E-state index in [1.165, 1.54) is 12.8 Å². The Hall–Kier alpha value is -1.14. The summed E-state index contributed by atoms with van der Waals surface area (Å²) in [6.45, 7) is 5.84. The molecule has 6 nitrogen and oxygen atoms in total. The predicted molar refractivity (Wildman–Crippen MR) is 103 cm³/mol. The maximum atomic E-state index is 10.1. The Morgan fingerprint density at radius 2 is 0.917 bits per heavy atom. The molecule has 0 unspecified atom stereocenters. The molecule has 0 spiro atoms. The summed E-state index contributed by atoms with van der Waals surface area (Å²) < 4.78 is 0. The summed E-state index contributed by atoms with van der Waals surface area (Å²) in [6, 6.07) is 0. The lowest BCUT2D eigenvalue weighted by atomic mass is 10.2. The molecule has 0 aliphatic carbocycles. The van der Waals surface area contributed by atoms with E-state index in [1.807, 2.05) is 0 Å². The maximum absolute atomic E-state index is 10.1. The molecule has 0 aromatic carbocycles. The second-order valence-corrected chi connectivity index (χ2v) is 5.84. The molecule has 0 bridgehead atoms. The van der Waals surface area contributed by atoms with Crippen molar-refractivity contribution in [3.63, 3.8) is 0 Å². The first kappa shape index (κ1) is 27.7. The van der Waals surface area contributed by atoms with Gasteiger partial charge in [-0.25, -0.2) is 0 Å². The van der Waals surface area contributed by atoms with Crippen LogP contribution in [0.25, 0.3) is 0 Å². The fourth-order valence-electron chi connectivity index (χ4n) is 1.74. The van der Waals surface area contributed by atoms with Gasteiger partial charge in [0.2, 0.25) is 11.8 Å². The summed E-state index contributed by atoms with van der Waals surface area (Å²) in [7, 11) is 0. The minimum atomic E-state index is -0.182. The van der Waals surface area contributed by atoms with Gasteiger partial charge in [-0.2, -0.15) is 0 Å². The Kier molecular flexibility index (Phi) is 30.9. The van der Waals surface area contributed by atoms with Crippen molar-refractivity contribution in [1.82, 2.24) is 0 Å². The van der Waals surface area contributed by atoms with Crippen LogP contribution in [0.3, 0.4) is 0 Å². The van der Waals surface area contributed by atoms with Crippen LogP contribution in [0.1, 0.15) is 90.9 Å². The highest BCUT2D eigenvalue weighted by atomic mass is 16.1. The highest BCUT2D eigenvalue weighted by Crippen LogP contribution is 1.97. The van der Waals surface area contributed by atoms with Crippen LogP contribution in [0.5, 0.6) is 0 Å². The monoisotopic (exact) mass is 346 g/mol. The third-order valence-corrected chi connectivity index (χ3v) is 3.21. The quantitative estimate of drug-likeness (QED) is 0.381. The molecule has 0 radical (unpaired) electrons. The molecule has 0 atom stereocenters. The summed E-state index contributed by atoms with van der Waals surface area (Å²) in [4.78, 5) is 20.2. The molecule has 0 rings (SSSR count). The van der Waals surface area contributed by atoms with Crippen molar-refractivity contribution in [2.24, 2.45) is 22.9 Å². The van der Waals surface area contributed by atoms with Gasteiger partial charge >= 0.3 is 0 Å². The molecule has 24 heavy (non-hydrogen) atoms. The molecule has 0 aliphatic rings. The number of rotatable bonds is 13. The fraction of sp³-hybridized carbons (Fsp3) is 0.889. The molecule has 0 fully saturated rings. The standard InChI is InChI=1S/C6H16N2.2C6H13NO/c7-5-3-1-2-4-6-8;2*1-2-3-4-5-6(7)8/h1-8H2;2*2-5H2,1H3,(H2,7,8). The minimum absolute atomic E-state index is 0.182. The van der Waals surface area contributed by atoms with E-state index in [-0.39, 0.29) is 11.8 Å². The van der Waals surface area contributed by atoms with E-state index in [0.717, 1.165) is 64.5 Å². The van der Waals surface area contributed by atoms with Crippen molar-refractivity contribution in [2.75, 3.05) is 13.1 Å². The molecule has 0 aromatic rings. The number of primary amides is 2. The SMILES string of the molecule is CCCCCC(N)=O.CCCCCC(N)=O.NCCCCCCN. The van der Waals surface area contributed by atoms with Crippen molar-refractivity contribution in [3.05, 3.63) is 0 Å². The van der Waals surface area contributed by atoms with E-state index in [2.05, 4.69) is 13.8 Å². The summed E-state index contributed by atoms with van der Waals surface area (Å²) in [6.07, 6.45) is 12.3. The molecule has 8 N–H and O–H groups in total. The van der Waals surface area contributed by atoms with Crippen molar-refractivity contribution in [1.29, 1.82) is 0 Å². The Labute approximate surface area is 149 Å². The molecule has 0 aliphatic heterocycles. The Morgan fingerprint density at radius 1 is 0.583 bits per heavy atom. The van der Waals surface area contributed by atoms with Crippen LogP contribution in [0.4, 0.5) is 0 Å². The maximum Gasteiger partial charge on any atom is 0.217 e. The largest absolute Gasteiger partial charge is 0.370 e. The second kappa shape index (κ2) is 26.7. The molecule has 146 valence electrons. The average Bonchev–Trinajstić information content (AvgIpc) is 2.53. The van der Waals surface area contributed by atoms with Crippen LogP contribution in [-0.4, -0.2) is 24.9 Å². The first-order valence-corrected chi connectivity index (χ1v) is 9.42. The second-order valence-electron chi connectivity index (χ2n) is 5.84. The lowest BCUT2D eigenvalue weighted by Crippen LogP contribution is -2.09. The zero-order valence-electron chi connectivity index (χ0n) is 16.0. The van der Waals surface area contributed by atoms with Crippen LogP contribution < -0.4 is 22.9 Å². The van der Waals surface area contributed by atoms with Crippen molar-refractivity contribution in [2.45, 2.75) is 90.9 Å². The third kappa shape index (κ3) is 42.8. The highest BCUT2D eigenvalue weighted by molar-refractivity contribution is 5.73. The van der Waals surface area contributed by atoms with Gasteiger partial charge in [0.15, 0.2) is 0 Å². The number of hydrogen-bond acceptors (Lipinski definition) is 4. The Balaban J connectivity index is -0.000000276. The number of unbranched alkanes of at least 4 members (excludes halogenated alkanes) is 7. The van der Waals surface area contributed by atoms with Gasteiger partial charge in [0.05, 0.1) is 0 Å². The average molecular weight is 347 g/mol. The Morgan fingerprint density at radius 3 is 1.12 bits per heavy atom. The molecule has 6 heteroatoms. The number of carbonyl (C=O) groups is 2. The van der Waals surface area contributed by atoms with E-state index in [1.54, 1.807) is 0 Å². The van der Waals surface area contributed by atoms with Crippen molar-refractivity contribution >= 4 is 11.8 Å². The number of nitrogens with two attached hydrogens (primary N) is 4. The van der Waals surface area contributed by atoms with Gasteiger partial charge in [-0.05, 0) is 38.8 Å². The first-order valence-electron chi connectivity index (χ1n) is 9.42. The zero-order valence-corrected chi connectivity index (χ0v) is 16.0. The lowest BCUT2D eigenvalue weighted by molar-refractivity contribution is -0.119. The van der Waals surface area contributed by atoms with Crippen LogP contribution in [0, 0.1) is 0 Å². The van der Waals surface area contributed by atoms with Crippen LogP contribution in [-0.2, 0) is 9.59 Å². The highest BCUT2D eigenvalue weighted by Gasteiger charge is 1.91.